The van der Waals surface area contributed by atoms with Crippen LogP contribution in [0.15, 0.2) is 35.1 Å². The summed E-state index contributed by atoms with van der Waals surface area (Å²) in [4.78, 5) is 17.2. The Morgan fingerprint density at radius 1 is 1.22 bits per heavy atom. The second-order valence-electron chi connectivity index (χ2n) is 6.68. The van der Waals surface area contributed by atoms with Gasteiger partial charge in [-0.3, -0.25) is 9.69 Å². The van der Waals surface area contributed by atoms with E-state index in [9.17, 15) is 4.79 Å². The number of carbonyl (C=O) groups is 1. The molecule has 3 rings (SSSR count). The predicted molar refractivity (Wildman–Crippen MR) is 92.2 cm³/mol. The van der Waals surface area contributed by atoms with E-state index in [4.69, 9.17) is 4.74 Å². The second kappa shape index (κ2) is 7.45. The molecule has 0 amide bonds. The van der Waals surface area contributed by atoms with E-state index in [1.807, 2.05) is 19.9 Å². The van der Waals surface area contributed by atoms with Crippen molar-refractivity contribution >= 4 is 5.78 Å². The summed E-state index contributed by atoms with van der Waals surface area (Å²) in [7, 11) is 0. The van der Waals surface area contributed by atoms with Gasteiger partial charge in [0.15, 0.2) is 5.78 Å². The van der Waals surface area contributed by atoms with Crippen LogP contribution in [0.2, 0.25) is 0 Å². The number of Topliss-reactive ketones (excluding diaryl/α,β-unsaturated/α-hetero) is 1. The molecule has 2 aliphatic heterocycles. The molecule has 0 saturated carbocycles. The Morgan fingerprint density at radius 3 is 2.65 bits per heavy atom. The number of nitrogens with zero attached hydrogens (tertiary/aromatic N) is 2. The SMILES string of the molecule is C/C=C\C1=C(C)C(=O)CCC(N2CCN(C3CCOC3)CC2)=C1. The molecule has 0 N–H and O–H groups in total. The largest absolute Gasteiger partial charge is 0.380 e. The number of piperazine rings is 1. The smallest absolute Gasteiger partial charge is 0.159 e. The predicted octanol–water partition coefficient (Wildman–Crippen LogP) is 2.53. The first-order chi connectivity index (χ1) is 11.2. The maximum atomic E-state index is 12.2. The summed E-state index contributed by atoms with van der Waals surface area (Å²) in [5.41, 5.74) is 3.31. The number of allylic oxidation sites excluding steroid dienone is 6. The lowest BCUT2D eigenvalue weighted by Gasteiger charge is -2.39. The molecule has 2 saturated heterocycles. The number of ketones is 1. The second-order valence-corrected chi connectivity index (χ2v) is 6.68. The molecule has 4 heteroatoms. The van der Waals surface area contributed by atoms with Crippen molar-refractivity contribution in [3.05, 3.63) is 35.1 Å². The summed E-state index contributed by atoms with van der Waals surface area (Å²) in [6.07, 6.45) is 8.98. The number of ether oxygens (including phenoxy) is 1. The number of carbonyl (C=O) groups excluding carboxylic acids is 1. The van der Waals surface area contributed by atoms with Gasteiger partial charge in [-0.25, -0.2) is 0 Å². The highest BCUT2D eigenvalue weighted by Crippen LogP contribution is 2.25. The molecular weight excluding hydrogens is 288 g/mol. The number of hydrogen-bond acceptors (Lipinski definition) is 4. The molecule has 0 bridgehead atoms. The zero-order valence-electron chi connectivity index (χ0n) is 14.4. The normalized spacial score (nSPS) is 27.7. The van der Waals surface area contributed by atoms with Gasteiger partial charge in [-0.2, -0.15) is 0 Å². The molecule has 1 atom stereocenters. The van der Waals surface area contributed by atoms with Gasteiger partial charge >= 0.3 is 0 Å². The van der Waals surface area contributed by atoms with E-state index in [0.717, 1.165) is 57.0 Å². The summed E-state index contributed by atoms with van der Waals surface area (Å²) < 4.78 is 5.52. The minimum Gasteiger partial charge on any atom is -0.380 e. The summed E-state index contributed by atoms with van der Waals surface area (Å²) >= 11 is 0. The Kier molecular flexibility index (Phi) is 5.34. The summed E-state index contributed by atoms with van der Waals surface area (Å²) in [6.45, 7) is 10.1. The average Bonchev–Trinajstić information content (AvgIpc) is 3.07. The van der Waals surface area contributed by atoms with Crippen molar-refractivity contribution in [1.82, 2.24) is 9.80 Å². The van der Waals surface area contributed by atoms with E-state index in [1.54, 1.807) is 0 Å². The Hall–Kier alpha value is -1.39. The van der Waals surface area contributed by atoms with E-state index < -0.39 is 0 Å². The van der Waals surface area contributed by atoms with Crippen LogP contribution in [0.5, 0.6) is 0 Å². The van der Waals surface area contributed by atoms with Gasteiger partial charge in [0.05, 0.1) is 6.61 Å². The standard InChI is InChI=1S/C19H28N2O2/c1-3-4-16-13-17(5-6-19(22)15(16)2)20-8-10-21(11-9-20)18-7-12-23-14-18/h3-4,13,18H,5-12,14H2,1-2H3/b4-3-. The topological polar surface area (TPSA) is 32.8 Å². The maximum Gasteiger partial charge on any atom is 0.159 e. The molecule has 1 aliphatic carbocycles. The van der Waals surface area contributed by atoms with Crippen molar-refractivity contribution in [2.75, 3.05) is 39.4 Å². The van der Waals surface area contributed by atoms with Gasteiger partial charge in [0.2, 0.25) is 0 Å². The quantitative estimate of drug-likeness (QED) is 0.801. The molecule has 2 fully saturated rings. The third-order valence-electron chi connectivity index (χ3n) is 5.27. The van der Waals surface area contributed by atoms with Crippen LogP contribution in [0.25, 0.3) is 0 Å². The minimum atomic E-state index is 0.283. The highest BCUT2D eigenvalue weighted by atomic mass is 16.5. The van der Waals surface area contributed by atoms with Crippen molar-refractivity contribution in [1.29, 1.82) is 0 Å². The lowest BCUT2D eigenvalue weighted by atomic mass is 10.1. The lowest BCUT2D eigenvalue weighted by Crippen LogP contribution is -2.50. The zero-order chi connectivity index (χ0) is 16.2. The van der Waals surface area contributed by atoms with Crippen LogP contribution < -0.4 is 0 Å². The van der Waals surface area contributed by atoms with E-state index in [-0.39, 0.29) is 5.78 Å². The summed E-state index contributed by atoms with van der Waals surface area (Å²) in [5.74, 6) is 0.283. The minimum absolute atomic E-state index is 0.283. The van der Waals surface area contributed by atoms with Gasteiger partial charge < -0.3 is 9.64 Å². The van der Waals surface area contributed by atoms with Crippen LogP contribution in [0, 0.1) is 0 Å². The monoisotopic (exact) mass is 316 g/mol. The first-order valence-corrected chi connectivity index (χ1v) is 8.83. The average molecular weight is 316 g/mol. The van der Waals surface area contributed by atoms with Crippen molar-refractivity contribution in [3.8, 4) is 0 Å². The van der Waals surface area contributed by atoms with Crippen molar-refractivity contribution < 1.29 is 9.53 Å². The van der Waals surface area contributed by atoms with E-state index in [0.29, 0.717) is 12.5 Å². The molecule has 126 valence electrons. The van der Waals surface area contributed by atoms with Crippen LogP contribution in [0.3, 0.4) is 0 Å². The van der Waals surface area contributed by atoms with Crippen molar-refractivity contribution in [2.45, 2.75) is 39.2 Å². The van der Waals surface area contributed by atoms with Gasteiger partial charge in [-0.15, -0.1) is 0 Å². The van der Waals surface area contributed by atoms with Gasteiger partial charge in [0, 0.05) is 50.9 Å². The van der Waals surface area contributed by atoms with Gasteiger partial charge in [-0.1, -0.05) is 12.2 Å². The summed E-state index contributed by atoms with van der Waals surface area (Å²) in [6, 6.07) is 0.613. The fourth-order valence-electron chi connectivity index (χ4n) is 3.74. The lowest BCUT2D eigenvalue weighted by molar-refractivity contribution is -0.115. The number of rotatable bonds is 3. The zero-order valence-corrected chi connectivity index (χ0v) is 14.4. The van der Waals surface area contributed by atoms with E-state index in [1.165, 1.54) is 12.1 Å². The first-order valence-electron chi connectivity index (χ1n) is 8.83. The Morgan fingerprint density at radius 2 is 2.00 bits per heavy atom. The maximum absolute atomic E-state index is 12.2. The molecule has 2 heterocycles. The molecule has 0 radical (unpaired) electrons. The Labute approximate surface area is 139 Å². The molecule has 0 aromatic rings. The molecule has 23 heavy (non-hydrogen) atoms. The molecule has 0 aromatic carbocycles. The third-order valence-corrected chi connectivity index (χ3v) is 5.27. The van der Waals surface area contributed by atoms with Crippen LogP contribution >= 0.6 is 0 Å². The summed E-state index contributed by atoms with van der Waals surface area (Å²) in [5, 5.41) is 0. The van der Waals surface area contributed by atoms with Crippen LogP contribution in [-0.4, -0.2) is 61.0 Å². The fourth-order valence-corrected chi connectivity index (χ4v) is 3.74. The Balaban J connectivity index is 1.67. The van der Waals surface area contributed by atoms with Crippen LogP contribution in [0.1, 0.15) is 33.1 Å². The van der Waals surface area contributed by atoms with E-state index in [2.05, 4.69) is 22.0 Å². The van der Waals surface area contributed by atoms with Gasteiger partial charge in [0.25, 0.3) is 0 Å². The third kappa shape index (κ3) is 3.75. The molecule has 0 spiro atoms. The Bertz CT molecular complexity index is 534. The van der Waals surface area contributed by atoms with Gasteiger partial charge in [-0.05, 0) is 43.9 Å². The molecule has 3 aliphatic rings. The van der Waals surface area contributed by atoms with E-state index >= 15 is 0 Å². The molecule has 1 unspecified atom stereocenters. The highest BCUT2D eigenvalue weighted by molar-refractivity contribution is 5.97. The molecule has 4 nitrogen and oxygen atoms in total. The van der Waals surface area contributed by atoms with Crippen LogP contribution in [0.4, 0.5) is 0 Å². The molecular formula is C19H28N2O2. The van der Waals surface area contributed by atoms with Crippen LogP contribution in [-0.2, 0) is 9.53 Å². The van der Waals surface area contributed by atoms with Crippen molar-refractivity contribution in [2.24, 2.45) is 0 Å². The first kappa shape index (κ1) is 16.5. The fraction of sp³-hybridized carbons (Fsp3) is 0.632. The van der Waals surface area contributed by atoms with Gasteiger partial charge in [0.1, 0.15) is 0 Å². The number of hydrogen-bond donors (Lipinski definition) is 0. The van der Waals surface area contributed by atoms with Crippen molar-refractivity contribution in [3.63, 3.8) is 0 Å². The molecule has 0 aromatic heterocycles. The highest BCUT2D eigenvalue weighted by Gasteiger charge is 2.28.